The predicted molar refractivity (Wildman–Crippen MR) is 120 cm³/mol. The van der Waals surface area contributed by atoms with Gasteiger partial charge in [0.1, 0.15) is 11.6 Å². The Morgan fingerprint density at radius 3 is 2.34 bits per heavy atom. The Kier molecular flexibility index (Phi) is 4.06. The van der Waals surface area contributed by atoms with Crippen LogP contribution in [0.3, 0.4) is 0 Å². The lowest BCUT2D eigenvalue weighted by atomic mass is 10.0. The Bertz CT molecular complexity index is 1350. The minimum Gasteiger partial charge on any atom is -0.383 e. The van der Waals surface area contributed by atoms with Crippen molar-refractivity contribution in [2.45, 2.75) is 20.3 Å². The number of hydrogen-bond acceptors (Lipinski definition) is 3. The van der Waals surface area contributed by atoms with E-state index < -0.39 is 0 Å². The molecule has 0 spiro atoms. The number of nitrogen functional groups attached to an aromatic ring is 1. The summed E-state index contributed by atoms with van der Waals surface area (Å²) in [6.07, 6.45) is 0.642. The number of nitrogens with two attached hydrogens (primary N) is 1. The van der Waals surface area contributed by atoms with Crippen molar-refractivity contribution in [3.05, 3.63) is 95.4 Å². The molecule has 0 amide bonds. The molecule has 0 atom stereocenters. The molecule has 2 heterocycles. The molecule has 4 heteroatoms. The molecule has 3 aromatic carbocycles. The summed E-state index contributed by atoms with van der Waals surface area (Å²) in [6, 6.07) is 25.1. The highest BCUT2D eigenvalue weighted by Gasteiger charge is 2.18. The van der Waals surface area contributed by atoms with Crippen LogP contribution in [0.2, 0.25) is 0 Å². The second-order valence-electron chi connectivity index (χ2n) is 7.46. The number of aromatic nitrogens is 3. The molecule has 0 aliphatic heterocycles. The van der Waals surface area contributed by atoms with Gasteiger partial charge in [-0.05, 0) is 47.9 Å². The molecule has 5 aromatic rings. The molecular formula is C25H22N4. The molecule has 0 fully saturated rings. The maximum absolute atomic E-state index is 6.40. The van der Waals surface area contributed by atoms with E-state index in [1.165, 1.54) is 16.3 Å². The lowest BCUT2D eigenvalue weighted by Gasteiger charge is -2.09. The van der Waals surface area contributed by atoms with Gasteiger partial charge in [-0.1, -0.05) is 60.7 Å². The van der Waals surface area contributed by atoms with Gasteiger partial charge in [-0.2, -0.15) is 0 Å². The summed E-state index contributed by atoms with van der Waals surface area (Å²) in [7, 11) is 0. The first kappa shape index (κ1) is 17.4. The molecule has 0 aliphatic rings. The van der Waals surface area contributed by atoms with Crippen molar-refractivity contribution in [2.24, 2.45) is 0 Å². The van der Waals surface area contributed by atoms with Crippen LogP contribution in [-0.2, 0) is 6.42 Å². The molecule has 29 heavy (non-hydrogen) atoms. The van der Waals surface area contributed by atoms with E-state index in [1.807, 2.05) is 18.2 Å². The molecule has 0 radical (unpaired) electrons. The Labute approximate surface area is 169 Å². The summed E-state index contributed by atoms with van der Waals surface area (Å²) >= 11 is 0. The summed E-state index contributed by atoms with van der Waals surface area (Å²) in [5.41, 5.74) is 11.8. The smallest absolute Gasteiger partial charge is 0.150 e. The lowest BCUT2D eigenvalue weighted by Crippen LogP contribution is -2.04. The first-order valence-electron chi connectivity index (χ1n) is 9.79. The highest BCUT2D eigenvalue weighted by atomic mass is 15.1. The third kappa shape index (κ3) is 2.93. The van der Waals surface area contributed by atoms with Crippen molar-refractivity contribution in [2.75, 3.05) is 5.73 Å². The maximum atomic E-state index is 6.40. The first-order valence-corrected chi connectivity index (χ1v) is 9.79. The summed E-state index contributed by atoms with van der Waals surface area (Å²) in [5.74, 6) is 1.28. The van der Waals surface area contributed by atoms with Crippen LogP contribution in [0, 0.1) is 13.8 Å². The number of anilines is 1. The Balaban J connectivity index is 1.65. The van der Waals surface area contributed by atoms with E-state index in [0.29, 0.717) is 12.2 Å². The van der Waals surface area contributed by atoms with Crippen molar-refractivity contribution >= 4 is 27.6 Å². The average Bonchev–Trinajstić information content (AvgIpc) is 2.99. The molecule has 0 saturated carbocycles. The van der Waals surface area contributed by atoms with Gasteiger partial charge >= 0.3 is 0 Å². The maximum Gasteiger partial charge on any atom is 0.150 e. The van der Waals surface area contributed by atoms with Crippen molar-refractivity contribution in [3.63, 3.8) is 0 Å². The van der Waals surface area contributed by atoms with E-state index >= 15 is 0 Å². The fourth-order valence-electron chi connectivity index (χ4n) is 4.05. The van der Waals surface area contributed by atoms with Gasteiger partial charge in [0.25, 0.3) is 0 Å². The van der Waals surface area contributed by atoms with Gasteiger partial charge < -0.3 is 5.73 Å². The highest BCUT2D eigenvalue weighted by molar-refractivity contribution is 5.92. The molecule has 0 unspecified atom stereocenters. The molecule has 5 rings (SSSR count). The van der Waals surface area contributed by atoms with Gasteiger partial charge in [-0.25, -0.2) is 9.97 Å². The monoisotopic (exact) mass is 378 g/mol. The number of aryl methyl sites for hydroxylation is 1. The van der Waals surface area contributed by atoms with E-state index in [-0.39, 0.29) is 0 Å². The zero-order chi connectivity index (χ0) is 20.0. The second-order valence-corrected chi connectivity index (χ2v) is 7.46. The van der Waals surface area contributed by atoms with Crippen LogP contribution in [-0.4, -0.2) is 14.5 Å². The third-order valence-corrected chi connectivity index (χ3v) is 5.62. The topological polar surface area (TPSA) is 56.7 Å². The molecule has 142 valence electrons. The van der Waals surface area contributed by atoms with Crippen LogP contribution in [0.5, 0.6) is 0 Å². The highest BCUT2D eigenvalue weighted by Crippen LogP contribution is 2.31. The number of rotatable bonds is 3. The van der Waals surface area contributed by atoms with Crippen LogP contribution < -0.4 is 5.73 Å². The summed E-state index contributed by atoms with van der Waals surface area (Å²) in [4.78, 5) is 9.58. The van der Waals surface area contributed by atoms with Gasteiger partial charge in [0, 0.05) is 17.8 Å². The van der Waals surface area contributed by atoms with Crippen molar-refractivity contribution in [1.82, 2.24) is 14.5 Å². The fraction of sp³-hybridized carbons (Fsp3) is 0.120. The largest absolute Gasteiger partial charge is 0.383 e. The normalized spacial score (nSPS) is 11.4. The van der Waals surface area contributed by atoms with Gasteiger partial charge in [0.15, 0.2) is 5.65 Å². The van der Waals surface area contributed by atoms with Crippen LogP contribution in [0.1, 0.15) is 22.6 Å². The van der Waals surface area contributed by atoms with Crippen LogP contribution in [0.15, 0.2) is 72.8 Å². The third-order valence-electron chi connectivity index (χ3n) is 5.62. The number of benzene rings is 3. The van der Waals surface area contributed by atoms with E-state index in [4.69, 9.17) is 10.7 Å². The molecule has 2 aromatic heterocycles. The molecule has 2 N–H and O–H groups in total. The van der Waals surface area contributed by atoms with E-state index in [2.05, 4.69) is 78.0 Å². The van der Waals surface area contributed by atoms with Crippen molar-refractivity contribution < 1.29 is 0 Å². The summed E-state index contributed by atoms with van der Waals surface area (Å²) in [5, 5.41) is 3.39. The molecule has 0 aliphatic carbocycles. The average molecular weight is 378 g/mol. The Morgan fingerprint density at radius 1 is 0.828 bits per heavy atom. The van der Waals surface area contributed by atoms with Gasteiger partial charge in [-0.15, -0.1) is 0 Å². The SMILES string of the molecule is Cc1c(C)n(-c2ccccc2)c2nc(Cc3ccc4ccccc4c3)nc(N)c12. The van der Waals surface area contributed by atoms with Crippen molar-refractivity contribution in [1.29, 1.82) is 0 Å². The molecule has 0 saturated heterocycles. The standard InChI is InChI=1S/C25H22N4/c1-16-17(2)29(21-10-4-3-5-11-21)25-23(16)24(26)27-22(28-25)15-18-12-13-19-8-6-7-9-20(19)14-18/h3-14H,15H2,1-2H3,(H2,26,27,28). The number of nitrogens with zero attached hydrogens (tertiary/aromatic N) is 3. The van der Waals surface area contributed by atoms with Gasteiger partial charge in [0.05, 0.1) is 5.39 Å². The summed E-state index contributed by atoms with van der Waals surface area (Å²) < 4.78 is 2.17. The van der Waals surface area contributed by atoms with Gasteiger partial charge in [0.2, 0.25) is 0 Å². The fourth-order valence-corrected chi connectivity index (χ4v) is 4.05. The van der Waals surface area contributed by atoms with Crippen LogP contribution in [0.25, 0.3) is 27.5 Å². The Morgan fingerprint density at radius 2 is 1.55 bits per heavy atom. The first-order chi connectivity index (χ1) is 14.1. The zero-order valence-electron chi connectivity index (χ0n) is 16.6. The number of fused-ring (bicyclic) bond motifs is 2. The minimum atomic E-state index is 0.543. The number of hydrogen-bond donors (Lipinski definition) is 1. The predicted octanol–water partition coefficient (Wildman–Crippen LogP) is 5.36. The van der Waals surface area contributed by atoms with E-state index in [9.17, 15) is 0 Å². The quantitative estimate of drug-likeness (QED) is 0.459. The summed E-state index contributed by atoms with van der Waals surface area (Å²) in [6.45, 7) is 4.19. The van der Waals surface area contributed by atoms with Crippen LogP contribution in [0.4, 0.5) is 5.82 Å². The molecule has 4 nitrogen and oxygen atoms in total. The zero-order valence-corrected chi connectivity index (χ0v) is 16.6. The van der Waals surface area contributed by atoms with Crippen LogP contribution >= 0.6 is 0 Å². The lowest BCUT2D eigenvalue weighted by molar-refractivity contribution is 0.960. The Hall–Kier alpha value is -3.66. The molecule has 0 bridgehead atoms. The van der Waals surface area contributed by atoms with E-state index in [1.54, 1.807) is 0 Å². The minimum absolute atomic E-state index is 0.543. The van der Waals surface area contributed by atoms with E-state index in [0.717, 1.165) is 33.8 Å². The molecular weight excluding hydrogens is 356 g/mol. The van der Waals surface area contributed by atoms with Crippen molar-refractivity contribution in [3.8, 4) is 5.69 Å². The second kappa shape index (κ2) is 6.74. The number of para-hydroxylation sites is 1. The van der Waals surface area contributed by atoms with Gasteiger partial charge in [-0.3, -0.25) is 4.57 Å².